The summed E-state index contributed by atoms with van der Waals surface area (Å²) in [4.78, 5) is 15.7. The Balaban J connectivity index is 0.00000231. The molecule has 0 aliphatic heterocycles. The third kappa shape index (κ3) is 4.56. The van der Waals surface area contributed by atoms with Gasteiger partial charge in [0.15, 0.2) is 0 Å². The molecule has 0 spiro atoms. The van der Waals surface area contributed by atoms with Gasteiger partial charge in [0.2, 0.25) is 0 Å². The SMILES string of the molecule is Br.NCc1ccccc1CN(Cc1nc2ccccc2[nH]1)C1CCCc2cccnc21. The van der Waals surface area contributed by atoms with Crippen molar-refractivity contribution in [2.24, 2.45) is 5.73 Å². The van der Waals surface area contributed by atoms with Gasteiger partial charge in [-0.15, -0.1) is 17.0 Å². The van der Waals surface area contributed by atoms with Crippen molar-refractivity contribution in [3.63, 3.8) is 0 Å². The lowest BCUT2D eigenvalue weighted by molar-refractivity contribution is 0.153. The maximum atomic E-state index is 6.04. The van der Waals surface area contributed by atoms with Crippen LogP contribution in [0.2, 0.25) is 0 Å². The molecule has 6 heteroatoms. The maximum absolute atomic E-state index is 6.04. The smallest absolute Gasteiger partial charge is 0.121 e. The number of halogens is 1. The van der Waals surface area contributed by atoms with Crippen molar-refractivity contribution in [3.05, 3.63) is 95.1 Å². The second-order valence-electron chi connectivity index (χ2n) is 8.03. The van der Waals surface area contributed by atoms with Crippen molar-refractivity contribution < 1.29 is 0 Å². The zero-order valence-corrected chi connectivity index (χ0v) is 19.2. The summed E-state index contributed by atoms with van der Waals surface area (Å²) in [5, 5.41) is 0. The summed E-state index contributed by atoms with van der Waals surface area (Å²) in [5.41, 5.74) is 13.2. The average Bonchev–Trinajstić information content (AvgIpc) is 3.21. The van der Waals surface area contributed by atoms with Crippen molar-refractivity contribution >= 4 is 28.0 Å². The number of hydrogen-bond donors (Lipinski definition) is 2. The first-order valence-corrected chi connectivity index (χ1v) is 10.7. The second kappa shape index (κ2) is 9.73. The third-order valence-corrected chi connectivity index (χ3v) is 6.11. The number of nitrogens with two attached hydrogens (primary N) is 1. The summed E-state index contributed by atoms with van der Waals surface area (Å²) in [6, 6.07) is 21.2. The number of pyridine rings is 1. The molecule has 0 amide bonds. The number of H-pyrrole nitrogens is 1. The van der Waals surface area contributed by atoms with Crippen LogP contribution in [-0.2, 0) is 26.1 Å². The quantitative estimate of drug-likeness (QED) is 0.406. The van der Waals surface area contributed by atoms with Gasteiger partial charge in [-0.25, -0.2) is 4.98 Å². The number of para-hydroxylation sites is 2. The molecule has 2 aromatic carbocycles. The van der Waals surface area contributed by atoms with Gasteiger partial charge in [0.1, 0.15) is 5.82 Å². The van der Waals surface area contributed by atoms with E-state index >= 15 is 0 Å². The second-order valence-corrected chi connectivity index (χ2v) is 8.03. The van der Waals surface area contributed by atoms with Crippen LogP contribution in [0.25, 0.3) is 11.0 Å². The molecule has 0 radical (unpaired) electrons. The standard InChI is InChI=1S/C25H27N5.BrH/c26-15-19-7-1-2-8-20(19)16-30(17-24-28-21-11-3-4-12-22(21)29-24)23-13-5-9-18-10-6-14-27-25(18)23;/h1-4,6-8,10-12,14,23H,5,9,13,15-17,26H2,(H,28,29);1H. The highest BCUT2D eigenvalue weighted by atomic mass is 79.9. The summed E-state index contributed by atoms with van der Waals surface area (Å²) in [6.07, 6.45) is 5.31. The first kappa shape index (κ1) is 21.7. The van der Waals surface area contributed by atoms with E-state index in [9.17, 15) is 0 Å². The van der Waals surface area contributed by atoms with Crippen molar-refractivity contribution in [1.82, 2.24) is 19.9 Å². The molecule has 5 rings (SSSR count). The Kier molecular flexibility index (Phi) is 6.80. The van der Waals surface area contributed by atoms with Gasteiger partial charge in [-0.1, -0.05) is 42.5 Å². The van der Waals surface area contributed by atoms with Crippen LogP contribution in [0.15, 0.2) is 66.9 Å². The predicted molar refractivity (Wildman–Crippen MR) is 130 cm³/mol. The molecule has 0 fully saturated rings. The number of rotatable bonds is 6. The molecular weight excluding hydrogens is 450 g/mol. The lowest BCUT2D eigenvalue weighted by atomic mass is 9.90. The predicted octanol–water partition coefficient (Wildman–Crippen LogP) is 5.07. The Hall–Kier alpha value is -2.54. The summed E-state index contributed by atoms with van der Waals surface area (Å²) in [7, 11) is 0. The van der Waals surface area contributed by atoms with E-state index in [1.54, 1.807) is 0 Å². The van der Waals surface area contributed by atoms with E-state index in [0.29, 0.717) is 6.54 Å². The largest absolute Gasteiger partial charge is 0.341 e. The lowest BCUT2D eigenvalue weighted by Gasteiger charge is -2.35. The van der Waals surface area contributed by atoms with E-state index in [1.807, 2.05) is 18.3 Å². The van der Waals surface area contributed by atoms with Crippen LogP contribution in [0.5, 0.6) is 0 Å². The molecule has 0 saturated heterocycles. The number of imidazole rings is 1. The molecule has 0 bridgehead atoms. The van der Waals surface area contributed by atoms with E-state index in [0.717, 1.165) is 42.8 Å². The number of fused-ring (bicyclic) bond motifs is 2. The maximum Gasteiger partial charge on any atom is 0.121 e. The molecule has 5 nitrogen and oxygen atoms in total. The molecule has 2 aromatic heterocycles. The Labute approximate surface area is 193 Å². The number of aromatic nitrogens is 3. The van der Waals surface area contributed by atoms with Crippen LogP contribution in [0, 0.1) is 0 Å². The number of aryl methyl sites for hydroxylation is 1. The van der Waals surface area contributed by atoms with E-state index in [1.165, 1.54) is 28.8 Å². The fourth-order valence-corrected chi connectivity index (χ4v) is 4.62. The first-order valence-electron chi connectivity index (χ1n) is 10.7. The summed E-state index contributed by atoms with van der Waals surface area (Å²) < 4.78 is 0. The normalized spacial score (nSPS) is 15.6. The van der Waals surface area contributed by atoms with Gasteiger partial charge in [0.25, 0.3) is 0 Å². The molecule has 31 heavy (non-hydrogen) atoms. The minimum Gasteiger partial charge on any atom is -0.341 e. The highest BCUT2D eigenvalue weighted by Crippen LogP contribution is 2.35. The number of nitrogens with zero attached hydrogens (tertiary/aromatic N) is 3. The van der Waals surface area contributed by atoms with Gasteiger partial charge in [-0.05, 0) is 54.2 Å². The summed E-state index contributed by atoms with van der Waals surface area (Å²) >= 11 is 0. The van der Waals surface area contributed by atoms with E-state index < -0.39 is 0 Å². The lowest BCUT2D eigenvalue weighted by Crippen LogP contribution is -2.32. The molecule has 4 aromatic rings. The molecular formula is C25H28BrN5. The highest BCUT2D eigenvalue weighted by Gasteiger charge is 2.28. The fourth-order valence-electron chi connectivity index (χ4n) is 4.62. The van der Waals surface area contributed by atoms with Gasteiger partial charge >= 0.3 is 0 Å². The first-order chi connectivity index (χ1) is 14.8. The monoisotopic (exact) mass is 477 g/mol. The van der Waals surface area contributed by atoms with Crippen LogP contribution in [0.4, 0.5) is 0 Å². The Morgan fingerprint density at radius 1 is 0.968 bits per heavy atom. The average molecular weight is 478 g/mol. The number of nitrogens with one attached hydrogen (secondary N) is 1. The fraction of sp³-hybridized carbons (Fsp3) is 0.280. The van der Waals surface area contributed by atoms with Crippen LogP contribution >= 0.6 is 17.0 Å². The van der Waals surface area contributed by atoms with Crippen molar-refractivity contribution in [2.75, 3.05) is 0 Å². The molecule has 2 heterocycles. The Morgan fingerprint density at radius 3 is 2.61 bits per heavy atom. The number of hydrogen-bond acceptors (Lipinski definition) is 4. The van der Waals surface area contributed by atoms with Gasteiger partial charge in [-0.3, -0.25) is 9.88 Å². The van der Waals surface area contributed by atoms with Crippen LogP contribution < -0.4 is 5.73 Å². The molecule has 0 saturated carbocycles. The number of aromatic amines is 1. The van der Waals surface area contributed by atoms with Crippen molar-refractivity contribution in [3.8, 4) is 0 Å². The van der Waals surface area contributed by atoms with Gasteiger partial charge < -0.3 is 10.7 Å². The summed E-state index contributed by atoms with van der Waals surface area (Å²) in [5.74, 6) is 0.990. The van der Waals surface area contributed by atoms with Crippen molar-refractivity contribution in [2.45, 2.75) is 44.9 Å². The topological polar surface area (TPSA) is 70.8 Å². The molecule has 3 N–H and O–H groups in total. The van der Waals surface area contributed by atoms with E-state index in [2.05, 4.69) is 58.4 Å². The summed E-state index contributed by atoms with van der Waals surface area (Å²) in [6.45, 7) is 2.12. The molecule has 1 aliphatic carbocycles. The van der Waals surface area contributed by atoms with Crippen molar-refractivity contribution in [1.29, 1.82) is 0 Å². The van der Waals surface area contributed by atoms with E-state index in [-0.39, 0.29) is 23.0 Å². The molecule has 1 unspecified atom stereocenters. The zero-order chi connectivity index (χ0) is 20.3. The van der Waals surface area contributed by atoms with Crippen LogP contribution in [-0.4, -0.2) is 19.9 Å². The number of benzene rings is 2. The van der Waals surface area contributed by atoms with Gasteiger partial charge in [-0.2, -0.15) is 0 Å². The minimum absolute atomic E-state index is 0. The minimum atomic E-state index is 0. The van der Waals surface area contributed by atoms with E-state index in [4.69, 9.17) is 15.7 Å². The van der Waals surface area contributed by atoms with Gasteiger partial charge in [0, 0.05) is 19.3 Å². The molecule has 1 aliphatic rings. The third-order valence-electron chi connectivity index (χ3n) is 6.11. The Bertz CT molecular complexity index is 1120. The van der Waals surface area contributed by atoms with Crippen LogP contribution in [0.1, 0.15) is 47.1 Å². The van der Waals surface area contributed by atoms with Gasteiger partial charge in [0.05, 0.1) is 29.3 Å². The zero-order valence-electron chi connectivity index (χ0n) is 17.5. The molecule has 1 atom stereocenters. The Morgan fingerprint density at radius 2 is 1.77 bits per heavy atom. The van der Waals surface area contributed by atoms with Crippen LogP contribution in [0.3, 0.4) is 0 Å². The molecule has 160 valence electrons. The highest BCUT2D eigenvalue weighted by molar-refractivity contribution is 8.93.